The Morgan fingerprint density at radius 2 is 2.55 bits per heavy atom. The van der Waals surface area contributed by atoms with Crippen molar-refractivity contribution in [2.75, 3.05) is 5.75 Å². The fraction of sp³-hybridized carbons (Fsp3) is 0.625. The molecule has 0 spiro atoms. The molecule has 1 N–H and O–H groups in total. The average molecular weight is 172 g/mol. The van der Waals surface area contributed by atoms with Crippen LogP contribution in [0.2, 0.25) is 0 Å². The van der Waals surface area contributed by atoms with E-state index in [1.807, 2.05) is 13.0 Å². The van der Waals surface area contributed by atoms with Crippen LogP contribution in [0.15, 0.2) is 12.2 Å². The van der Waals surface area contributed by atoms with Crippen molar-refractivity contribution in [3.8, 4) is 0 Å². The highest BCUT2D eigenvalue weighted by atomic mass is 32.2. The maximum atomic E-state index is 11.2. The summed E-state index contributed by atoms with van der Waals surface area (Å²) in [7, 11) is 0. The Hall–Kier alpha value is -0.280. The third-order valence-corrected chi connectivity index (χ3v) is 2.86. The Morgan fingerprint density at radius 1 is 1.82 bits per heavy atom. The Kier molecular flexibility index (Phi) is 2.73. The highest BCUT2D eigenvalue weighted by Gasteiger charge is 2.31. The molecule has 0 fully saturated rings. The van der Waals surface area contributed by atoms with Gasteiger partial charge in [-0.3, -0.25) is 4.79 Å². The number of thioether (sulfide) groups is 1. The minimum absolute atomic E-state index is 0.117. The topological polar surface area (TPSA) is 37.3 Å². The molecule has 0 aromatic carbocycles. The third kappa shape index (κ3) is 1.84. The molecule has 0 unspecified atom stereocenters. The lowest BCUT2D eigenvalue weighted by Crippen LogP contribution is -2.32. The van der Waals surface area contributed by atoms with Gasteiger partial charge in [0.05, 0.1) is 0 Å². The van der Waals surface area contributed by atoms with E-state index in [9.17, 15) is 9.90 Å². The standard InChI is InChI=1S/C8H12O2S/c1-2-8(10)5-3-4-6-11-7(8)9/h3,5,10H,2,4,6H2,1H3/t8-/m1/s1. The second kappa shape index (κ2) is 3.41. The number of hydrogen-bond donors (Lipinski definition) is 1. The SMILES string of the molecule is CC[C@@]1(O)C=CCCSC1=O. The van der Waals surface area contributed by atoms with Gasteiger partial charge in [0, 0.05) is 5.75 Å². The number of carbonyl (C=O) groups excluding carboxylic acids is 1. The lowest BCUT2D eigenvalue weighted by Gasteiger charge is -2.18. The lowest BCUT2D eigenvalue weighted by atomic mass is 10.0. The molecular weight excluding hydrogens is 160 g/mol. The molecule has 1 rings (SSSR count). The normalized spacial score (nSPS) is 32.0. The van der Waals surface area contributed by atoms with Gasteiger partial charge in [0.2, 0.25) is 5.12 Å². The second-order valence-corrected chi connectivity index (χ2v) is 3.67. The van der Waals surface area contributed by atoms with Gasteiger partial charge in [-0.25, -0.2) is 0 Å². The number of aliphatic hydroxyl groups is 1. The Labute approximate surface area is 70.7 Å². The van der Waals surface area contributed by atoms with Crippen molar-refractivity contribution in [3.05, 3.63) is 12.2 Å². The Bertz CT molecular complexity index is 189. The fourth-order valence-corrected chi connectivity index (χ4v) is 1.85. The summed E-state index contributed by atoms with van der Waals surface area (Å²) in [5, 5.41) is 9.55. The summed E-state index contributed by atoms with van der Waals surface area (Å²) in [6.45, 7) is 1.81. The molecule has 1 atom stereocenters. The van der Waals surface area contributed by atoms with Gasteiger partial charge in [0.1, 0.15) is 0 Å². The van der Waals surface area contributed by atoms with Gasteiger partial charge in [-0.15, -0.1) is 0 Å². The predicted molar refractivity (Wildman–Crippen MR) is 46.5 cm³/mol. The van der Waals surface area contributed by atoms with Crippen molar-refractivity contribution in [3.63, 3.8) is 0 Å². The number of carbonyl (C=O) groups is 1. The van der Waals surface area contributed by atoms with Crippen molar-refractivity contribution in [1.82, 2.24) is 0 Å². The molecular formula is C8H12O2S. The van der Waals surface area contributed by atoms with Crippen molar-refractivity contribution in [1.29, 1.82) is 0 Å². The van der Waals surface area contributed by atoms with E-state index in [1.165, 1.54) is 11.8 Å². The average Bonchev–Trinajstić information content (AvgIpc) is 2.16. The Morgan fingerprint density at radius 3 is 3.18 bits per heavy atom. The molecule has 11 heavy (non-hydrogen) atoms. The van der Waals surface area contributed by atoms with Crippen LogP contribution in [0.1, 0.15) is 19.8 Å². The van der Waals surface area contributed by atoms with E-state index < -0.39 is 5.60 Å². The summed E-state index contributed by atoms with van der Waals surface area (Å²) in [6, 6.07) is 0. The minimum atomic E-state index is -1.19. The maximum absolute atomic E-state index is 11.2. The van der Waals surface area contributed by atoms with E-state index >= 15 is 0 Å². The van der Waals surface area contributed by atoms with Crippen LogP contribution in [0, 0.1) is 0 Å². The van der Waals surface area contributed by atoms with E-state index in [4.69, 9.17) is 0 Å². The van der Waals surface area contributed by atoms with E-state index in [2.05, 4.69) is 0 Å². The molecule has 62 valence electrons. The highest BCUT2D eigenvalue weighted by molar-refractivity contribution is 8.13. The maximum Gasteiger partial charge on any atom is 0.224 e. The van der Waals surface area contributed by atoms with Crippen molar-refractivity contribution in [2.45, 2.75) is 25.4 Å². The molecule has 0 amide bonds. The van der Waals surface area contributed by atoms with Gasteiger partial charge >= 0.3 is 0 Å². The van der Waals surface area contributed by atoms with Crippen LogP contribution in [0.3, 0.4) is 0 Å². The van der Waals surface area contributed by atoms with Crippen molar-refractivity contribution >= 4 is 16.9 Å². The van der Waals surface area contributed by atoms with Crippen LogP contribution in [-0.2, 0) is 4.79 Å². The van der Waals surface area contributed by atoms with Crippen LogP contribution in [0.4, 0.5) is 0 Å². The molecule has 0 aromatic rings. The van der Waals surface area contributed by atoms with Gasteiger partial charge in [-0.1, -0.05) is 24.8 Å². The van der Waals surface area contributed by atoms with Crippen molar-refractivity contribution < 1.29 is 9.90 Å². The van der Waals surface area contributed by atoms with Crippen LogP contribution in [-0.4, -0.2) is 21.6 Å². The van der Waals surface area contributed by atoms with Crippen LogP contribution < -0.4 is 0 Å². The van der Waals surface area contributed by atoms with Crippen LogP contribution in [0.25, 0.3) is 0 Å². The minimum Gasteiger partial charge on any atom is -0.377 e. The van der Waals surface area contributed by atoms with Crippen LogP contribution >= 0.6 is 11.8 Å². The number of allylic oxidation sites excluding steroid dienone is 1. The number of rotatable bonds is 1. The van der Waals surface area contributed by atoms with Gasteiger partial charge in [0.25, 0.3) is 0 Å². The molecule has 1 heterocycles. The first-order valence-electron chi connectivity index (χ1n) is 3.76. The van der Waals surface area contributed by atoms with E-state index in [-0.39, 0.29) is 5.12 Å². The first-order chi connectivity index (χ1) is 5.19. The zero-order valence-corrected chi connectivity index (χ0v) is 7.36. The summed E-state index contributed by atoms with van der Waals surface area (Å²) in [4.78, 5) is 11.2. The molecule has 0 radical (unpaired) electrons. The Balaban J connectivity index is 2.80. The molecule has 0 saturated heterocycles. The predicted octanol–water partition coefficient (Wildman–Crippen LogP) is 1.35. The molecule has 2 nitrogen and oxygen atoms in total. The zero-order chi connectivity index (χ0) is 8.32. The van der Waals surface area contributed by atoms with Gasteiger partial charge < -0.3 is 5.11 Å². The summed E-state index contributed by atoms with van der Waals surface area (Å²) >= 11 is 1.22. The highest BCUT2D eigenvalue weighted by Crippen LogP contribution is 2.24. The molecule has 0 aromatic heterocycles. The van der Waals surface area contributed by atoms with Crippen LogP contribution in [0.5, 0.6) is 0 Å². The smallest absolute Gasteiger partial charge is 0.224 e. The monoisotopic (exact) mass is 172 g/mol. The van der Waals surface area contributed by atoms with Gasteiger partial charge in [0.15, 0.2) is 5.60 Å². The molecule has 1 aliphatic rings. The molecule has 3 heteroatoms. The van der Waals surface area contributed by atoms with E-state index in [0.29, 0.717) is 6.42 Å². The van der Waals surface area contributed by atoms with Crippen molar-refractivity contribution in [2.24, 2.45) is 0 Å². The second-order valence-electron chi connectivity index (χ2n) is 2.60. The first-order valence-corrected chi connectivity index (χ1v) is 4.75. The lowest BCUT2D eigenvalue weighted by molar-refractivity contribution is -0.123. The van der Waals surface area contributed by atoms with E-state index in [1.54, 1.807) is 6.08 Å². The number of hydrogen-bond acceptors (Lipinski definition) is 3. The molecule has 0 aliphatic carbocycles. The fourth-order valence-electron chi connectivity index (χ4n) is 0.953. The summed E-state index contributed by atoms with van der Waals surface area (Å²) in [6.07, 6.45) is 4.84. The first kappa shape index (κ1) is 8.81. The van der Waals surface area contributed by atoms with Gasteiger partial charge in [-0.05, 0) is 18.9 Å². The van der Waals surface area contributed by atoms with E-state index in [0.717, 1.165) is 12.2 Å². The third-order valence-electron chi connectivity index (χ3n) is 1.80. The quantitative estimate of drug-likeness (QED) is 0.607. The summed E-state index contributed by atoms with van der Waals surface area (Å²) in [5.74, 6) is 0.789. The molecule has 1 aliphatic heterocycles. The van der Waals surface area contributed by atoms with Gasteiger partial charge in [-0.2, -0.15) is 0 Å². The molecule has 0 saturated carbocycles. The molecule has 0 bridgehead atoms. The zero-order valence-electron chi connectivity index (χ0n) is 6.54. The largest absolute Gasteiger partial charge is 0.377 e. The summed E-state index contributed by atoms with van der Waals surface area (Å²) < 4.78 is 0. The summed E-state index contributed by atoms with van der Waals surface area (Å²) in [5.41, 5.74) is -1.19.